The van der Waals surface area contributed by atoms with E-state index in [0.717, 1.165) is 37.6 Å². The Bertz CT molecular complexity index is 1630. The van der Waals surface area contributed by atoms with Crippen LogP contribution in [0.15, 0.2) is 118 Å². The summed E-state index contributed by atoms with van der Waals surface area (Å²) in [5.74, 6) is 1.33. The Morgan fingerprint density at radius 3 is 2.11 bits per heavy atom. The summed E-state index contributed by atoms with van der Waals surface area (Å²) in [7, 11) is 0. The van der Waals surface area contributed by atoms with Crippen LogP contribution >= 0.6 is 35.7 Å². The Hall–Kier alpha value is -3.59. The average molecular weight is 553 g/mol. The molecule has 0 bridgehead atoms. The highest BCUT2D eigenvalue weighted by Gasteiger charge is 2.28. The normalized spacial score (nSPS) is 12.2. The number of thioether (sulfide) groups is 1. The number of carbonyl (C=O) groups is 1. The van der Waals surface area contributed by atoms with E-state index in [0.29, 0.717) is 10.5 Å². The molecule has 0 aliphatic carbocycles. The zero-order chi connectivity index (χ0) is 26.1. The number of benzene rings is 4. The molecule has 5 nitrogen and oxygen atoms in total. The second kappa shape index (κ2) is 10.6. The van der Waals surface area contributed by atoms with Gasteiger partial charge in [0.15, 0.2) is 0 Å². The third kappa shape index (κ3) is 4.82. The van der Waals surface area contributed by atoms with Crippen molar-refractivity contribution in [2.45, 2.75) is 33.9 Å². The Morgan fingerprint density at radius 2 is 1.45 bits per heavy atom. The molecule has 2 heterocycles. The van der Waals surface area contributed by atoms with Gasteiger partial charge < -0.3 is 0 Å². The summed E-state index contributed by atoms with van der Waals surface area (Å²) in [6.07, 6.45) is 0. The molecule has 0 fully saturated rings. The maximum absolute atomic E-state index is 13.9. The van der Waals surface area contributed by atoms with Crippen LogP contribution in [0.3, 0.4) is 0 Å². The molecular weight excluding hydrogens is 529 g/mol. The molecule has 4 aromatic carbocycles. The zero-order valence-corrected chi connectivity index (χ0v) is 23.1. The van der Waals surface area contributed by atoms with Gasteiger partial charge in [-0.05, 0) is 67.7 Å². The van der Waals surface area contributed by atoms with E-state index in [4.69, 9.17) is 17.3 Å². The standard InChI is InChI=1S/C30H24N4OS3/c1-21-15-17-23(18-16-21)37-20-28-31-32(30(36)33(28)22-9-3-2-4-10-22)19-29(35)34-24-11-5-7-13-26(24)38-27-14-8-6-12-25(27)34/h2-18H,19-20H2,1H3. The van der Waals surface area contributed by atoms with Gasteiger partial charge in [-0.1, -0.05) is 71.9 Å². The lowest BCUT2D eigenvalue weighted by Gasteiger charge is -2.30. The van der Waals surface area contributed by atoms with Crippen molar-refractivity contribution in [2.24, 2.45) is 0 Å². The first kappa shape index (κ1) is 24.7. The molecule has 6 rings (SSSR count). The van der Waals surface area contributed by atoms with Crippen molar-refractivity contribution in [3.05, 3.63) is 119 Å². The largest absolute Gasteiger partial charge is 0.277 e. The van der Waals surface area contributed by atoms with Gasteiger partial charge in [-0.15, -0.1) is 11.8 Å². The molecule has 0 spiro atoms. The van der Waals surface area contributed by atoms with Crippen molar-refractivity contribution in [1.29, 1.82) is 0 Å². The fourth-order valence-electron chi connectivity index (χ4n) is 4.44. The third-order valence-electron chi connectivity index (χ3n) is 6.28. The molecule has 0 radical (unpaired) electrons. The van der Waals surface area contributed by atoms with Gasteiger partial charge in [-0.2, -0.15) is 5.10 Å². The predicted molar refractivity (Wildman–Crippen MR) is 157 cm³/mol. The Morgan fingerprint density at radius 1 is 0.842 bits per heavy atom. The first-order valence-electron chi connectivity index (χ1n) is 12.2. The van der Waals surface area contributed by atoms with Crippen LogP contribution in [0.1, 0.15) is 11.4 Å². The first-order chi connectivity index (χ1) is 18.6. The second-order valence-electron chi connectivity index (χ2n) is 8.90. The average Bonchev–Trinajstić information content (AvgIpc) is 3.26. The minimum atomic E-state index is -0.0863. The lowest BCUT2D eigenvalue weighted by Crippen LogP contribution is -2.32. The topological polar surface area (TPSA) is 43.1 Å². The molecule has 38 heavy (non-hydrogen) atoms. The molecule has 0 saturated carbocycles. The smallest absolute Gasteiger partial charge is 0.253 e. The zero-order valence-electron chi connectivity index (χ0n) is 20.7. The second-order valence-corrected chi connectivity index (χ2v) is 11.4. The van der Waals surface area contributed by atoms with Crippen LogP contribution in [0.4, 0.5) is 11.4 Å². The maximum atomic E-state index is 13.9. The van der Waals surface area contributed by atoms with Gasteiger partial charge >= 0.3 is 0 Å². The number of anilines is 2. The van der Waals surface area contributed by atoms with Crippen LogP contribution in [0.2, 0.25) is 0 Å². The van der Waals surface area contributed by atoms with Crippen LogP contribution in [-0.4, -0.2) is 20.3 Å². The number of para-hydroxylation sites is 3. The van der Waals surface area contributed by atoms with Gasteiger partial charge in [-0.3, -0.25) is 14.3 Å². The van der Waals surface area contributed by atoms with Crippen LogP contribution in [-0.2, 0) is 17.1 Å². The van der Waals surface area contributed by atoms with Crippen molar-refractivity contribution in [2.75, 3.05) is 4.90 Å². The number of amides is 1. The number of nitrogens with zero attached hydrogens (tertiary/aromatic N) is 4. The molecule has 1 amide bonds. The minimum absolute atomic E-state index is 0.0359. The van der Waals surface area contributed by atoms with Gasteiger partial charge in [0.25, 0.3) is 5.91 Å². The van der Waals surface area contributed by atoms with Gasteiger partial charge in [0, 0.05) is 20.4 Å². The highest BCUT2D eigenvalue weighted by Crippen LogP contribution is 2.47. The van der Waals surface area contributed by atoms with Crippen molar-refractivity contribution in [3.63, 3.8) is 0 Å². The first-order valence-corrected chi connectivity index (χ1v) is 14.4. The highest BCUT2D eigenvalue weighted by atomic mass is 32.2. The molecule has 0 unspecified atom stereocenters. The number of hydrogen-bond donors (Lipinski definition) is 0. The Balaban J connectivity index is 1.36. The molecule has 1 aromatic heterocycles. The summed E-state index contributed by atoms with van der Waals surface area (Å²) in [4.78, 5) is 19.0. The number of aromatic nitrogens is 3. The Labute approximate surface area is 235 Å². The van der Waals surface area contributed by atoms with E-state index < -0.39 is 0 Å². The van der Waals surface area contributed by atoms with Gasteiger partial charge in [0.05, 0.1) is 17.1 Å². The summed E-state index contributed by atoms with van der Waals surface area (Å²) >= 11 is 9.28. The van der Waals surface area contributed by atoms with Crippen molar-refractivity contribution >= 4 is 53.0 Å². The minimum Gasteiger partial charge on any atom is -0.277 e. The lowest BCUT2D eigenvalue weighted by atomic mass is 10.2. The van der Waals surface area contributed by atoms with Crippen LogP contribution < -0.4 is 4.90 Å². The van der Waals surface area contributed by atoms with E-state index in [1.165, 1.54) is 5.56 Å². The summed E-state index contributed by atoms with van der Waals surface area (Å²) < 4.78 is 4.12. The summed E-state index contributed by atoms with van der Waals surface area (Å²) in [5, 5.41) is 4.87. The fourth-order valence-corrected chi connectivity index (χ4v) is 6.63. The molecular formula is C30H24N4OS3. The van der Waals surface area contributed by atoms with E-state index in [2.05, 4.69) is 31.2 Å². The van der Waals surface area contributed by atoms with Gasteiger partial charge in [-0.25, -0.2) is 4.68 Å². The van der Waals surface area contributed by atoms with E-state index in [1.54, 1.807) is 33.1 Å². The molecule has 5 aromatic rings. The molecule has 0 saturated heterocycles. The number of carbonyl (C=O) groups excluding carboxylic acids is 1. The number of aryl methyl sites for hydroxylation is 1. The van der Waals surface area contributed by atoms with E-state index in [-0.39, 0.29) is 12.5 Å². The van der Waals surface area contributed by atoms with Crippen molar-refractivity contribution in [1.82, 2.24) is 14.3 Å². The molecule has 1 aliphatic rings. The quantitative estimate of drug-likeness (QED) is 0.159. The van der Waals surface area contributed by atoms with Gasteiger partial charge in [0.2, 0.25) is 4.77 Å². The molecule has 1 aliphatic heterocycles. The molecule has 188 valence electrons. The predicted octanol–water partition coefficient (Wildman–Crippen LogP) is 7.83. The SMILES string of the molecule is Cc1ccc(SCc2nn(CC(=O)N3c4ccccc4Sc4ccccc43)c(=S)n2-c2ccccc2)cc1. The van der Waals surface area contributed by atoms with Crippen LogP contribution in [0, 0.1) is 11.7 Å². The van der Waals surface area contributed by atoms with Crippen molar-refractivity contribution < 1.29 is 4.79 Å². The Kier molecular flexibility index (Phi) is 6.93. The lowest BCUT2D eigenvalue weighted by molar-refractivity contribution is -0.118. The number of fused-ring (bicyclic) bond motifs is 2. The fraction of sp³-hybridized carbons (Fsp3) is 0.100. The number of hydrogen-bond acceptors (Lipinski definition) is 5. The third-order valence-corrected chi connectivity index (χ3v) is 8.81. The molecule has 8 heteroatoms. The monoisotopic (exact) mass is 552 g/mol. The van der Waals surface area contributed by atoms with Crippen molar-refractivity contribution in [3.8, 4) is 5.69 Å². The van der Waals surface area contributed by atoms with E-state index in [1.807, 2.05) is 83.4 Å². The van der Waals surface area contributed by atoms with Gasteiger partial charge in [0.1, 0.15) is 12.4 Å². The maximum Gasteiger partial charge on any atom is 0.253 e. The summed E-state index contributed by atoms with van der Waals surface area (Å²) in [5.41, 5.74) is 3.92. The van der Waals surface area contributed by atoms with Crippen LogP contribution in [0.5, 0.6) is 0 Å². The molecule has 0 atom stereocenters. The van der Waals surface area contributed by atoms with Crippen LogP contribution in [0.25, 0.3) is 5.69 Å². The number of rotatable bonds is 6. The molecule has 0 N–H and O–H groups in total. The highest BCUT2D eigenvalue weighted by molar-refractivity contribution is 7.99. The van der Waals surface area contributed by atoms with E-state index in [9.17, 15) is 4.79 Å². The summed E-state index contributed by atoms with van der Waals surface area (Å²) in [6, 6.07) is 34.4. The van der Waals surface area contributed by atoms with E-state index >= 15 is 0 Å². The summed E-state index contributed by atoms with van der Waals surface area (Å²) in [6.45, 7) is 2.12.